The average molecular weight is 348 g/mol. The normalized spacial score (nSPS) is 11.5. The first-order chi connectivity index (χ1) is 11.4. The summed E-state index contributed by atoms with van der Waals surface area (Å²) in [6.07, 6.45) is 2.07. The van der Waals surface area contributed by atoms with Crippen molar-refractivity contribution in [2.45, 2.75) is 25.7 Å². The van der Waals surface area contributed by atoms with E-state index in [0.29, 0.717) is 6.42 Å². The lowest BCUT2D eigenvalue weighted by atomic mass is 9.89. The number of carbonyl (C=O) groups is 1. The van der Waals surface area contributed by atoms with Gasteiger partial charge in [-0.15, -0.1) is 0 Å². The molecule has 0 aliphatic heterocycles. The molecule has 128 valence electrons. The molecule has 6 heteroatoms. The predicted octanol–water partition coefficient (Wildman–Crippen LogP) is 3.50. The molecule has 0 unspecified atom stereocenters. The summed E-state index contributed by atoms with van der Waals surface area (Å²) in [4.78, 5) is 28.9. The van der Waals surface area contributed by atoms with Crippen molar-refractivity contribution in [3.8, 4) is 0 Å². The molecule has 2 aromatic carbocycles. The van der Waals surface area contributed by atoms with E-state index in [1.165, 1.54) is 11.1 Å². The average Bonchev–Trinajstić information content (AvgIpc) is 2.53. The van der Waals surface area contributed by atoms with E-state index in [1.54, 1.807) is 0 Å². The number of carbonyl (C=O) groups excluding carboxylic acids is 1. The first kappa shape index (κ1) is 18.4. The third-order valence-corrected chi connectivity index (χ3v) is 4.15. The molecule has 0 bridgehead atoms. The molecule has 0 fully saturated rings. The Balaban J connectivity index is 1.99. The van der Waals surface area contributed by atoms with E-state index < -0.39 is 13.8 Å². The monoisotopic (exact) mass is 348 g/mol. The van der Waals surface area contributed by atoms with Gasteiger partial charge in [-0.05, 0) is 36.3 Å². The SMILES string of the molecule is O=C(CCC(Cc1ccccc1)Cc1ccccc1)OP(=O)(O)O. The molecule has 0 aromatic heterocycles. The van der Waals surface area contributed by atoms with Crippen LogP contribution in [0, 0.1) is 5.92 Å². The molecular formula is C18H21O5P. The van der Waals surface area contributed by atoms with Crippen LogP contribution in [0.4, 0.5) is 0 Å². The van der Waals surface area contributed by atoms with Gasteiger partial charge >= 0.3 is 13.8 Å². The van der Waals surface area contributed by atoms with Crippen LogP contribution in [0.5, 0.6) is 0 Å². The Kier molecular flexibility index (Phi) is 6.73. The van der Waals surface area contributed by atoms with Gasteiger partial charge in [0.2, 0.25) is 0 Å². The molecule has 0 amide bonds. The molecule has 0 aliphatic rings. The minimum absolute atomic E-state index is 0.0184. The highest BCUT2D eigenvalue weighted by Gasteiger charge is 2.21. The molecule has 2 rings (SSSR count). The van der Waals surface area contributed by atoms with Crippen molar-refractivity contribution in [2.75, 3.05) is 0 Å². The molecule has 0 heterocycles. The Labute approximate surface area is 141 Å². The highest BCUT2D eigenvalue weighted by Crippen LogP contribution is 2.36. The standard InChI is InChI=1S/C18H21O5P/c19-18(23-24(20,21)22)12-11-17(13-15-7-3-1-4-8-15)14-16-9-5-2-6-10-16/h1-10,17H,11-14H2,(H2,20,21,22). The Morgan fingerprint density at radius 1 is 0.917 bits per heavy atom. The second-order valence-corrected chi connectivity index (χ2v) is 6.90. The topological polar surface area (TPSA) is 83.8 Å². The van der Waals surface area contributed by atoms with Gasteiger partial charge in [0.25, 0.3) is 0 Å². The highest BCUT2D eigenvalue weighted by molar-refractivity contribution is 7.46. The van der Waals surface area contributed by atoms with Crippen molar-refractivity contribution in [2.24, 2.45) is 5.92 Å². The predicted molar refractivity (Wildman–Crippen MR) is 91.2 cm³/mol. The summed E-state index contributed by atoms with van der Waals surface area (Å²) in [7, 11) is -4.76. The smallest absolute Gasteiger partial charge is 0.371 e. The van der Waals surface area contributed by atoms with Crippen LogP contribution < -0.4 is 0 Å². The summed E-state index contributed by atoms with van der Waals surface area (Å²) in [5.74, 6) is -0.687. The summed E-state index contributed by atoms with van der Waals surface area (Å²) < 4.78 is 14.8. The zero-order chi connectivity index (χ0) is 17.4. The van der Waals surface area contributed by atoms with E-state index in [9.17, 15) is 9.36 Å². The fourth-order valence-electron chi connectivity index (χ4n) is 2.67. The minimum atomic E-state index is -4.76. The molecule has 24 heavy (non-hydrogen) atoms. The molecular weight excluding hydrogens is 327 g/mol. The summed E-state index contributed by atoms with van der Waals surface area (Å²) in [5.41, 5.74) is 2.34. The Bertz CT molecular complexity index is 640. The van der Waals surface area contributed by atoms with Crippen LogP contribution in [0.25, 0.3) is 0 Å². The van der Waals surface area contributed by atoms with Crippen LogP contribution in [0.15, 0.2) is 60.7 Å². The maximum atomic E-state index is 11.6. The van der Waals surface area contributed by atoms with Crippen molar-refractivity contribution in [3.05, 3.63) is 71.8 Å². The quantitative estimate of drug-likeness (QED) is 0.713. The van der Waals surface area contributed by atoms with Crippen molar-refractivity contribution in [1.29, 1.82) is 0 Å². The third kappa shape index (κ3) is 7.09. The van der Waals surface area contributed by atoms with Gasteiger partial charge in [-0.2, -0.15) is 0 Å². The molecule has 0 saturated heterocycles. The molecule has 0 radical (unpaired) electrons. The van der Waals surface area contributed by atoms with Crippen LogP contribution in [0.1, 0.15) is 24.0 Å². The summed E-state index contributed by atoms with van der Waals surface area (Å²) in [6.45, 7) is 0. The number of hydrogen-bond acceptors (Lipinski definition) is 3. The second-order valence-electron chi connectivity index (χ2n) is 5.74. The van der Waals surface area contributed by atoms with Crippen LogP contribution in [-0.2, 0) is 26.7 Å². The van der Waals surface area contributed by atoms with Gasteiger partial charge in [-0.3, -0.25) is 14.6 Å². The van der Waals surface area contributed by atoms with Gasteiger partial charge in [-0.25, -0.2) is 4.57 Å². The van der Waals surface area contributed by atoms with E-state index in [2.05, 4.69) is 4.52 Å². The summed E-state index contributed by atoms with van der Waals surface area (Å²) >= 11 is 0. The number of phosphoric ester groups is 1. The number of benzene rings is 2. The van der Waals surface area contributed by atoms with Gasteiger partial charge < -0.3 is 4.52 Å². The number of hydrogen-bond donors (Lipinski definition) is 2. The third-order valence-electron chi connectivity index (χ3n) is 3.71. The Hall–Kier alpha value is -1.94. The van der Waals surface area contributed by atoms with E-state index in [0.717, 1.165) is 12.8 Å². The van der Waals surface area contributed by atoms with Crippen molar-refractivity contribution in [3.63, 3.8) is 0 Å². The zero-order valence-electron chi connectivity index (χ0n) is 13.2. The largest absolute Gasteiger partial charge is 0.526 e. The maximum absolute atomic E-state index is 11.6. The fourth-order valence-corrected chi connectivity index (χ4v) is 3.03. The summed E-state index contributed by atoms with van der Waals surface area (Å²) in [6, 6.07) is 19.9. The first-order valence-electron chi connectivity index (χ1n) is 7.78. The minimum Gasteiger partial charge on any atom is -0.371 e. The van der Waals surface area contributed by atoms with Gasteiger partial charge in [0, 0.05) is 6.42 Å². The number of phosphoric acid groups is 1. The zero-order valence-corrected chi connectivity index (χ0v) is 14.1. The second kappa shape index (κ2) is 8.78. The van der Waals surface area contributed by atoms with Gasteiger partial charge in [0.1, 0.15) is 0 Å². The maximum Gasteiger partial charge on any atom is 0.526 e. The van der Waals surface area contributed by atoms with E-state index in [4.69, 9.17) is 9.79 Å². The fraction of sp³-hybridized carbons (Fsp3) is 0.278. The van der Waals surface area contributed by atoms with E-state index in [-0.39, 0.29) is 12.3 Å². The lowest BCUT2D eigenvalue weighted by Crippen LogP contribution is -2.12. The van der Waals surface area contributed by atoms with Gasteiger partial charge in [-0.1, -0.05) is 60.7 Å². The molecule has 0 spiro atoms. The van der Waals surface area contributed by atoms with Gasteiger partial charge in [0.15, 0.2) is 0 Å². The highest BCUT2D eigenvalue weighted by atomic mass is 31.2. The summed E-state index contributed by atoms with van der Waals surface area (Å²) in [5, 5.41) is 0. The Morgan fingerprint density at radius 3 is 1.79 bits per heavy atom. The van der Waals surface area contributed by atoms with Crippen molar-refractivity contribution in [1.82, 2.24) is 0 Å². The van der Waals surface area contributed by atoms with Crippen LogP contribution >= 0.6 is 7.82 Å². The Morgan fingerprint density at radius 2 is 1.38 bits per heavy atom. The van der Waals surface area contributed by atoms with Crippen molar-refractivity contribution < 1.29 is 23.7 Å². The van der Waals surface area contributed by atoms with E-state index in [1.807, 2.05) is 60.7 Å². The molecule has 5 nitrogen and oxygen atoms in total. The van der Waals surface area contributed by atoms with E-state index >= 15 is 0 Å². The molecule has 0 saturated carbocycles. The molecule has 0 atom stereocenters. The van der Waals surface area contributed by atoms with Crippen molar-refractivity contribution >= 4 is 13.8 Å². The molecule has 2 N–H and O–H groups in total. The first-order valence-corrected chi connectivity index (χ1v) is 9.31. The van der Waals surface area contributed by atoms with Gasteiger partial charge in [0.05, 0.1) is 0 Å². The lowest BCUT2D eigenvalue weighted by Gasteiger charge is -2.17. The lowest BCUT2D eigenvalue weighted by molar-refractivity contribution is -0.136. The van der Waals surface area contributed by atoms with Crippen LogP contribution in [0.2, 0.25) is 0 Å². The molecule has 0 aliphatic carbocycles. The van der Waals surface area contributed by atoms with Crippen LogP contribution in [-0.4, -0.2) is 15.8 Å². The van der Waals surface area contributed by atoms with Crippen LogP contribution in [0.3, 0.4) is 0 Å². The number of rotatable bonds is 8. The molecule has 2 aromatic rings.